The van der Waals surface area contributed by atoms with E-state index in [-0.39, 0.29) is 12.5 Å². The predicted octanol–water partition coefficient (Wildman–Crippen LogP) is 1.56. The second-order valence-electron chi connectivity index (χ2n) is 4.13. The third kappa shape index (κ3) is 3.06. The van der Waals surface area contributed by atoms with Gasteiger partial charge in [-0.15, -0.1) is 0 Å². The van der Waals surface area contributed by atoms with Crippen LogP contribution in [0.4, 0.5) is 0 Å². The molecule has 1 amide bonds. The Balaban J connectivity index is 2.91. The van der Waals surface area contributed by atoms with Gasteiger partial charge in [-0.1, -0.05) is 37.3 Å². The van der Waals surface area contributed by atoms with Crippen LogP contribution in [0.5, 0.6) is 0 Å². The zero-order valence-electron chi connectivity index (χ0n) is 10.1. The molecule has 0 aromatic heterocycles. The maximum Gasteiger partial charge on any atom is 0.315 e. The van der Waals surface area contributed by atoms with E-state index in [0.717, 1.165) is 0 Å². The van der Waals surface area contributed by atoms with Crippen LogP contribution < -0.4 is 5.32 Å². The molecular formula is C13H17NO3. The van der Waals surface area contributed by atoms with Gasteiger partial charge < -0.3 is 10.4 Å². The molecule has 1 aromatic rings. The van der Waals surface area contributed by atoms with E-state index in [4.69, 9.17) is 0 Å². The van der Waals surface area contributed by atoms with Crippen molar-refractivity contribution in [2.75, 3.05) is 6.54 Å². The maximum atomic E-state index is 11.4. The summed E-state index contributed by atoms with van der Waals surface area (Å²) in [4.78, 5) is 22.6. The Morgan fingerprint density at radius 1 is 1.29 bits per heavy atom. The molecule has 1 atom stereocenters. The first-order valence-electron chi connectivity index (χ1n) is 5.56. The van der Waals surface area contributed by atoms with Crippen molar-refractivity contribution < 1.29 is 14.7 Å². The van der Waals surface area contributed by atoms with Crippen LogP contribution in [0.2, 0.25) is 0 Å². The first-order chi connectivity index (χ1) is 8.00. The number of hydrogen-bond acceptors (Lipinski definition) is 2. The first kappa shape index (κ1) is 13.2. The summed E-state index contributed by atoms with van der Waals surface area (Å²) in [6.07, 6.45) is 0.352. The molecule has 0 fully saturated rings. The lowest BCUT2D eigenvalue weighted by Gasteiger charge is -2.25. The monoisotopic (exact) mass is 235 g/mol. The number of hydrogen-bond donors (Lipinski definition) is 2. The Morgan fingerprint density at radius 2 is 1.88 bits per heavy atom. The topological polar surface area (TPSA) is 66.4 Å². The van der Waals surface area contributed by atoms with Gasteiger partial charge in [0.15, 0.2) is 0 Å². The van der Waals surface area contributed by atoms with Gasteiger partial charge in [0.2, 0.25) is 5.91 Å². The molecule has 0 aliphatic carbocycles. The number of amides is 1. The molecule has 1 aromatic carbocycles. The average Bonchev–Trinajstić information content (AvgIpc) is 2.36. The SMILES string of the molecule is CCC(=O)NCC(C)(C(=O)O)c1ccccc1. The summed E-state index contributed by atoms with van der Waals surface area (Å²) in [5.74, 6) is -1.09. The molecule has 0 bridgehead atoms. The standard InChI is InChI=1S/C13H17NO3/c1-3-11(15)14-9-13(2,12(16)17)10-7-5-4-6-8-10/h4-8H,3,9H2,1-2H3,(H,14,15)(H,16,17). The summed E-state index contributed by atoms with van der Waals surface area (Å²) in [6.45, 7) is 3.44. The molecule has 4 nitrogen and oxygen atoms in total. The quantitative estimate of drug-likeness (QED) is 0.813. The Morgan fingerprint density at radius 3 is 2.35 bits per heavy atom. The van der Waals surface area contributed by atoms with E-state index >= 15 is 0 Å². The van der Waals surface area contributed by atoms with Gasteiger partial charge in [-0.3, -0.25) is 9.59 Å². The van der Waals surface area contributed by atoms with Crippen LogP contribution in [-0.4, -0.2) is 23.5 Å². The minimum atomic E-state index is -1.09. The molecule has 17 heavy (non-hydrogen) atoms. The summed E-state index contributed by atoms with van der Waals surface area (Å²) >= 11 is 0. The van der Waals surface area contributed by atoms with Crippen molar-refractivity contribution >= 4 is 11.9 Å². The second-order valence-corrected chi connectivity index (χ2v) is 4.13. The van der Waals surface area contributed by atoms with Crippen molar-refractivity contribution in [3.63, 3.8) is 0 Å². The van der Waals surface area contributed by atoms with Crippen molar-refractivity contribution in [2.24, 2.45) is 0 Å². The summed E-state index contributed by atoms with van der Waals surface area (Å²) in [6, 6.07) is 8.92. The fraction of sp³-hybridized carbons (Fsp3) is 0.385. The van der Waals surface area contributed by atoms with Gasteiger partial charge in [-0.2, -0.15) is 0 Å². The van der Waals surface area contributed by atoms with Crippen LogP contribution in [-0.2, 0) is 15.0 Å². The van der Waals surface area contributed by atoms with E-state index < -0.39 is 11.4 Å². The zero-order valence-corrected chi connectivity index (χ0v) is 10.1. The highest BCUT2D eigenvalue weighted by molar-refractivity contribution is 5.83. The van der Waals surface area contributed by atoms with Gasteiger partial charge in [0, 0.05) is 13.0 Å². The van der Waals surface area contributed by atoms with Gasteiger partial charge in [0.05, 0.1) is 0 Å². The lowest BCUT2D eigenvalue weighted by molar-refractivity contribution is -0.143. The van der Waals surface area contributed by atoms with Gasteiger partial charge in [-0.05, 0) is 12.5 Å². The predicted molar refractivity (Wildman–Crippen MR) is 64.7 cm³/mol. The molecule has 1 unspecified atom stereocenters. The van der Waals surface area contributed by atoms with E-state index in [2.05, 4.69) is 5.32 Å². The third-order valence-electron chi connectivity index (χ3n) is 2.84. The van der Waals surface area contributed by atoms with Crippen LogP contribution in [0, 0.1) is 0 Å². The van der Waals surface area contributed by atoms with Crippen LogP contribution in [0.3, 0.4) is 0 Å². The van der Waals surface area contributed by atoms with E-state index in [9.17, 15) is 14.7 Å². The molecule has 0 saturated heterocycles. The van der Waals surface area contributed by atoms with Crippen molar-refractivity contribution in [1.29, 1.82) is 0 Å². The van der Waals surface area contributed by atoms with E-state index in [0.29, 0.717) is 12.0 Å². The minimum absolute atomic E-state index is 0.0962. The smallest absolute Gasteiger partial charge is 0.315 e. The number of carbonyl (C=O) groups is 2. The summed E-state index contributed by atoms with van der Waals surface area (Å²) in [7, 11) is 0. The molecule has 0 radical (unpaired) electrons. The molecule has 4 heteroatoms. The summed E-state index contributed by atoms with van der Waals surface area (Å²) < 4.78 is 0. The summed E-state index contributed by atoms with van der Waals surface area (Å²) in [5.41, 5.74) is -0.407. The number of benzene rings is 1. The average molecular weight is 235 g/mol. The Hall–Kier alpha value is -1.84. The van der Waals surface area contributed by atoms with Gasteiger partial charge in [0.1, 0.15) is 5.41 Å². The molecule has 0 saturated carbocycles. The van der Waals surface area contributed by atoms with Gasteiger partial charge in [0.25, 0.3) is 0 Å². The largest absolute Gasteiger partial charge is 0.481 e. The number of aliphatic carboxylic acids is 1. The van der Waals surface area contributed by atoms with Crippen LogP contribution in [0.25, 0.3) is 0 Å². The number of carboxylic acids is 1. The Labute approximate surface area is 101 Å². The fourth-order valence-corrected chi connectivity index (χ4v) is 1.51. The van der Waals surface area contributed by atoms with Gasteiger partial charge in [-0.25, -0.2) is 0 Å². The minimum Gasteiger partial charge on any atom is -0.481 e. The lowest BCUT2D eigenvalue weighted by atomic mass is 9.82. The molecule has 1 rings (SSSR count). The number of carbonyl (C=O) groups excluding carboxylic acids is 1. The first-order valence-corrected chi connectivity index (χ1v) is 5.56. The normalized spacial score (nSPS) is 13.8. The molecular weight excluding hydrogens is 218 g/mol. The molecule has 0 spiro atoms. The lowest BCUT2D eigenvalue weighted by Crippen LogP contribution is -2.44. The highest BCUT2D eigenvalue weighted by atomic mass is 16.4. The van der Waals surface area contributed by atoms with E-state index in [1.165, 1.54) is 0 Å². The summed E-state index contributed by atoms with van der Waals surface area (Å²) in [5, 5.41) is 12.0. The third-order valence-corrected chi connectivity index (χ3v) is 2.84. The second kappa shape index (κ2) is 5.48. The van der Waals surface area contributed by atoms with E-state index in [1.54, 1.807) is 38.1 Å². The van der Waals surface area contributed by atoms with Crippen LogP contribution in [0.15, 0.2) is 30.3 Å². The number of carboxylic acid groups (broad SMARTS) is 1. The Bertz CT molecular complexity index is 402. The van der Waals surface area contributed by atoms with Crippen molar-refractivity contribution in [3.8, 4) is 0 Å². The maximum absolute atomic E-state index is 11.4. The molecule has 0 heterocycles. The van der Waals surface area contributed by atoms with Gasteiger partial charge >= 0.3 is 5.97 Å². The molecule has 0 aliphatic heterocycles. The highest BCUT2D eigenvalue weighted by Crippen LogP contribution is 2.23. The number of nitrogens with one attached hydrogen (secondary N) is 1. The molecule has 0 aliphatic rings. The highest BCUT2D eigenvalue weighted by Gasteiger charge is 2.35. The fourth-order valence-electron chi connectivity index (χ4n) is 1.51. The van der Waals surface area contributed by atoms with Crippen LogP contribution in [0.1, 0.15) is 25.8 Å². The number of rotatable bonds is 5. The van der Waals surface area contributed by atoms with E-state index in [1.807, 2.05) is 6.07 Å². The van der Waals surface area contributed by atoms with Crippen molar-refractivity contribution in [1.82, 2.24) is 5.32 Å². The zero-order chi connectivity index (χ0) is 12.9. The Kier molecular flexibility index (Phi) is 4.26. The van der Waals surface area contributed by atoms with Crippen LogP contribution >= 0.6 is 0 Å². The molecule has 2 N–H and O–H groups in total. The van der Waals surface area contributed by atoms with Crippen molar-refractivity contribution in [3.05, 3.63) is 35.9 Å². The molecule has 92 valence electrons. The van der Waals surface area contributed by atoms with Crippen molar-refractivity contribution in [2.45, 2.75) is 25.7 Å².